The van der Waals surface area contributed by atoms with Crippen molar-refractivity contribution >= 4 is 17.5 Å². The standard InChI is InChI=1S/C17H13N3O6/c1-25-15-11(18)14(22)12-7(13(15)21)3-5-9(19-12)10-6-4-8(17(23)24)16(20-10)26-2/h3-6H,18H2,1-2H3,(H,23,24). The lowest BCUT2D eigenvalue weighted by molar-refractivity contribution is 0.0692. The second kappa shape index (κ2) is 6.28. The van der Waals surface area contributed by atoms with E-state index in [4.69, 9.17) is 20.3 Å². The van der Waals surface area contributed by atoms with Crippen molar-refractivity contribution < 1.29 is 29.0 Å². The molecule has 1 aliphatic rings. The van der Waals surface area contributed by atoms with Crippen molar-refractivity contribution in [1.82, 2.24) is 9.97 Å². The Bertz CT molecular complexity index is 996. The summed E-state index contributed by atoms with van der Waals surface area (Å²) in [6.45, 7) is 0. The molecular weight excluding hydrogens is 342 g/mol. The van der Waals surface area contributed by atoms with Gasteiger partial charge in [-0.25, -0.2) is 14.8 Å². The molecule has 3 N–H and O–H groups in total. The number of aromatic carboxylic acids is 1. The molecule has 0 spiro atoms. The normalized spacial score (nSPS) is 13.5. The van der Waals surface area contributed by atoms with Gasteiger partial charge in [0.15, 0.2) is 5.76 Å². The quantitative estimate of drug-likeness (QED) is 0.822. The molecule has 0 saturated carbocycles. The average molecular weight is 355 g/mol. The molecule has 0 saturated heterocycles. The first kappa shape index (κ1) is 17.1. The third kappa shape index (κ3) is 2.55. The number of carbonyl (C=O) groups excluding carboxylic acids is 2. The van der Waals surface area contributed by atoms with Gasteiger partial charge in [0.2, 0.25) is 17.4 Å². The van der Waals surface area contributed by atoms with Crippen LogP contribution >= 0.6 is 0 Å². The Balaban J connectivity index is 2.11. The van der Waals surface area contributed by atoms with Crippen LogP contribution in [0.2, 0.25) is 0 Å². The zero-order valence-corrected chi connectivity index (χ0v) is 13.8. The maximum Gasteiger partial charge on any atom is 0.341 e. The molecule has 0 aromatic carbocycles. The summed E-state index contributed by atoms with van der Waals surface area (Å²) in [5.74, 6) is -2.68. The average Bonchev–Trinajstić information content (AvgIpc) is 2.65. The maximum atomic E-state index is 12.4. The molecule has 26 heavy (non-hydrogen) atoms. The van der Waals surface area contributed by atoms with Crippen molar-refractivity contribution in [3.8, 4) is 17.3 Å². The van der Waals surface area contributed by atoms with Crippen molar-refractivity contribution in [2.45, 2.75) is 0 Å². The van der Waals surface area contributed by atoms with Gasteiger partial charge in [-0.1, -0.05) is 0 Å². The number of carboxylic acid groups (broad SMARTS) is 1. The number of allylic oxidation sites excluding steroid dienone is 2. The highest BCUT2D eigenvalue weighted by Gasteiger charge is 2.33. The summed E-state index contributed by atoms with van der Waals surface area (Å²) in [6, 6.07) is 5.65. The van der Waals surface area contributed by atoms with E-state index in [-0.39, 0.29) is 45.5 Å². The van der Waals surface area contributed by atoms with Crippen LogP contribution in [0.15, 0.2) is 35.7 Å². The Morgan fingerprint density at radius 1 is 1.00 bits per heavy atom. The highest BCUT2D eigenvalue weighted by Crippen LogP contribution is 2.27. The van der Waals surface area contributed by atoms with Crippen LogP contribution in [0.5, 0.6) is 5.88 Å². The number of ether oxygens (including phenoxy) is 2. The van der Waals surface area contributed by atoms with Gasteiger partial charge in [-0.2, -0.15) is 0 Å². The number of nitrogens with two attached hydrogens (primary N) is 1. The van der Waals surface area contributed by atoms with Crippen molar-refractivity contribution in [3.05, 3.63) is 52.5 Å². The molecule has 0 unspecified atom stereocenters. The minimum atomic E-state index is -1.19. The third-order valence-electron chi connectivity index (χ3n) is 3.80. The summed E-state index contributed by atoms with van der Waals surface area (Å²) < 4.78 is 9.88. The van der Waals surface area contributed by atoms with Gasteiger partial charge in [0, 0.05) is 0 Å². The Morgan fingerprint density at radius 2 is 1.65 bits per heavy atom. The predicted octanol–water partition coefficient (Wildman–Crippen LogP) is 1.05. The fourth-order valence-corrected chi connectivity index (χ4v) is 2.54. The van der Waals surface area contributed by atoms with Crippen molar-refractivity contribution in [3.63, 3.8) is 0 Å². The monoisotopic (exact) mass is 355 g/mol. The molecule has 0 amide bonds. The second-order valence-corrected chi connectivity index (χ2v) is 5.26. The molecular formula is C17H13N3O6. The minimum absolute atomic E-state index is 0.0684. The van der Waals surface area contributed by atoms with Gasteiger partial charge in [0.1, 0.15) is 17.0 Å². The number of fused-ring (bicyclic) bond motifs is 1. The third-order valence-corrected chi connectivity index (χ3v) is 3.80. The molecule has 3 rings (SSSR count). The van der Waals surface area contributed by atoms with Crippen LogP contribution < -0.4 is 10.5 Å². The van der Waals surface area contributed by atoms with E-state index in [1.165, 1.54) is 38.5 Å². The summed E-state index contributed by atoms with van der Waals surface area (Å²) in [5, 5.41) is 9.11. The van der Waals surface area contributed by atoms with E-state index in [2.05, 4.69) is 9.97 Å². The van der Waals surface area contributed by atoms with Gasteiger partial charge in [-0.3, -0.25) is 9.59 Å². The summed E-state index contributed by atoms with van der Waals surface area (Å²) in [7, 11) is 2.54. The number of methoxy groups -OCH3 is 2. The van der Waals surface area contributed by atoms with Crippen LogP contribution in [0.1, 0.15) is 31.2 Å². The lowest BCUT2D eigenvalue weighted by Crippen LogP contribution is -2.28. The van der Waals surface area contributed by atoms with Crippen LogP contribution in [0.25, 0.3) is 11.4 Å². The highest BCUT2D eigenvalue weighted by atomic mass is 16.5. The fraction of sp³-hybridized carbons (Fsp3) is 0.118. The maximum absolute atomic E-state index is 12.4. The van der Waals surface area contributed by atoms with E-state index >= 15 is 0 Å². The van der Waals surface area contributed by atoms with E-state index in [0.29, 0.717) is 0 Å². The molecule has 0 bridgehead atoms. The first-order chi connectivity index (χ1) is 12.4. The number of carboxylic acids is 1. The molecule has 2 aromatic rings. The van der Waals surface area contributed by atoms with E-state index in [1.807, 2.05) is 0 Å². The number of ketones is 2. The van der Waals surface area contributed by atoms with E-state index in [0.717, 1.165) is 0 Å². The van der Waals surface area contributed by atoms with Crippen molar-refractivity contribution in [2.75, 3.05) is 14.2 Å². The van der Waals surface area contributed by atoms with Crippen molar-refractivity contribution in [1.29, 1.82) is 0 Å². The largest absolute Gasteiger partial charge is 0.491 e. The molecule has 0 atom stereocenters. The summed E-state index contributed by atoms with van der Waals surface area (Å²) >= 11 is 0. The second-order valence-electron chi connectivity index (χ2n) is 5.26. The summed E-state index contributed by atoms with van der Waals surface area (Å²) in [6.07, 6.45) is 0. The minimum Gasteiger partial charge on any atom is -0.491 e. The number of aromatic nitrogens is 2. The molecule has 1 aliphatic carbocycles. The fourth-order valence-electron chi connectivity index (χ4n) is 2.54. The molecule has 2 aromatic heterocycles. The van der Waals surface area contributed by atoms with Crippen LogP contribution in [0, 0.1) is 0 Å². The van der Waals surface area contributed by atoms with Gasteiger partial charge < -0.3 is 20.3 Å². The lowest BCUT2D eigenvalue weighted by Gasteiger charge is -2.17. The topological polar surface area (TPSA) is 142 Å². The van der Waals surface area contributed by atoms with Gasteiger partial charge in [-0.15, -0.1) is 0 Å². The number of hydrogen-bond acceptors (Lipinski definition) is 8. The van der Waals surface area contributed by atoms with Gasteiger partial charge >= 0.3 is 5.97 Å². The predicted molar refractivity (Wildman–Crippen MR) is 87.9 cm³/mol. The number of carbonyl (C=O) groups is 3. The smallest absolute Gasteiger partial charge is 0.341 e. The number of pyridine rings is 2. The van der Waals surface area contributed by atoms with Gasteiger partial charge in [-0.05, 0) is 24.3 Å². The first-order valence-electron chi connectivity index (χ1n) is 7.32. The molecule has 0 fully saturated rings. The molecule has 132 valence electrons. The van der Waals surface area contributed by atoms with E-state index in [1.54, 1.807) is 0 Å². The van der Waals surface area contributed by atoms with Crippen LogP contribution in [0.3, 0.4) is 0 Å². The SMILES string of the molecule is COC1=C(N)C(=O)c2nc(-c3ccc(C(=O)O)c(OC)n3)ccc2C1=O. The molecule has 9 heteroatoms. The van der Waals surface area contributed by atoms with E-state index < -0.39 is 17.5 Å². The zero-order valence-electron chi connectivity index (χ0n) is 13.8. The number of Topliss-reactive ketones (excluding diaryl/α,β-unsaturated/α-hetero) is 2. The van der Waals surface area contributed by atoms with Gasteiger partial charge in [0.05, 0.1) is 31.2 Å². The van der Waals surface area contributed by atoms with Gasteiger partial charge in [0.25, 0.3) is 0 Å². The van der Waals surface area contributed by atoms with E-state index in [9.17, 15) is 14.4 Å². The number of hydrogen-bond donors (Lipinski definition) is 2. The lowest BCUT2D eigenvalue weighted by atomic mass is 9.95. The molecule has 2 heterocycles. The highest BCUT2D eigenvalue weighted by molar-refractivity contribution is 6.25. The zero-order chi connectivity index (χ0) is 19.0. The summed E-state index contributed by atoms with van der Waals surface area (Å²) in [5.41, 5.74) is 5.72. The molecule has 0 radical (unpaired) electrons. The van der Waals surface area contributed by atoms with Crippen LogP contribution in [-0.2, 0) is 4.74 Å². The van der Waals surface area contributed by atoms with Crippen LogP contribution in [-0.4, -0.2) is 46.8 Å². The first-order valence-corrected chi connectivity index (χ1v) is 7.32. The summed E-state index contributed by atoms with van der Waals surface area (Å²) in [4.78, 5) is 44.1. The molecule has 9 nitrogen and oxygen atoms in total. The Hall–Kier alpha value is -3.75. The Kier molecular flexibility index (Phi) is 4.13. The number of rotatable bonds is 4. The Labute approximate surface area is 147 Å². The Morgan fingerprint density at radius 3 is 2.27 bits per heavy atom. The molecule has 0 aliphatic heterocycles. The van der Waals surface area contributed by atoms with Crippen molar-refractivity contribution in [2.24, 2.45) is 5.73 Å². The number of nitrogens with zero attached hydrogens (tertiary/aromatic N) is 2. The van der Waals surface area contributed by atoms with Crippen LogP contribution in [0.4, 0.5) is 0 Å².